The van der Waals surface area contributed by atoms with Crippen LogP contribution >= 0.6 is 0 Å². The molecular weight excluding hydrogens is 436 g/mol. The number of carbonyl (C=O) groups is 1. The molecule has 0 spiro atoms. The van der Waals surface area contributed by atoms with E-state index in [2.05, 4.69) is 5.32 Å². The fraction of sp³-hybridized carbons (Fsp3) is 0.269. The number of nitrogens with one attached hydrogen (secondary N) is 1. The van der Waals surface area contributed by atoms with Crippen molar-refractivity contribution in [2.24, 2.45) is 0 Å². The van der Waals surface area contributed by atoms with Gasteiger partial charge in [0.05, 0.1) is 16.6 Å². The Labute approximate surface area is 196 Å². The van der Waals surface area contributed by atoms with Crippen molar-refractivity contribution >= 4 is 21.6 Å². The van der Waals surface area contributed by atoms with Gasteiger partial charge in [0.25, 0.3) is 10.0 Å². The Morgan fingerprint density at radius 1 is 0.909 bits per heavy atom. The first kappa shape index (κ1) is 24.3. The zero-order chi connectivity index (χ0) is 24.0. The summed E-state index contributed by atoms with van der Waals surface area (Å²) in [5, 5.41) is 2.84. The van der Waals surface area contributed by atoms with Gasteiger partial charge in [-0.1, -0.05) is 42.0 Å². The molecule has 0 heterocycles. The summed E-state index contributed by atoms with van der Waals surface area (Å²) < 4.78 is 33.8. The SMILES string of the molecule is Cc1ccc(OCC(C)NC(=O)CN(c2cc(C)cc(C)c2)S(=O)(=O)c2ccccc2)cc1. The van der Waals surface area contributed by atoms with Gasteiger partial charge in [-0.25, -0.2) is 8.42 Å². The van der Waals surface area contributed by atoms with Crippen LogP contribution in [-0.4, -0.2) is 33.5 Å². The summed E-state index contributed by atoms with van der Waals surface area (Å²) in [4.78, 5) is 13.0. The Kier molecular flexibility index (Phi) is 7.76. The first-order chi connectivity index (χ1) is 15.6. The third-order valence-corrected chi connectivity index (χ3v) is 6.83. The van der Waals surface area contributed by atoms with E-state index in [0.29, 0.717) is 11.4 Å². The van der Waals surface area contributed by atoms with Crippen LogP contribution in [0.3, 0.4) is 0 Å². The van der Waals surface area contributed by atoms with E-state index in [9.17, 15) is 13.2 Å². The van der Waals surface area contributed by atoms with Crippen molar-refractivity contribution < 1.29 is 17.9 Å². The number of rotatable bonds is 9. The molecule has 1 unspecified atom stereocenters. The molecule has 174 valence electrons. The number of hydrogen-bond acceptors (Lipinski definition) is 4. The molecule has 0 aliphatic rings. The van der Waals surface area contributed by atoms with E-state index in [1.165, 1.54) is 12.1 Å². The van der Waals surface area contributed by atoms with E-state index in [-0.39, 0.29) is 24.1 Å². The number of ether oxygens (including phenoxy) is 1. The van der Waals surface area contributed by atoms with Crippen LogP contribution in [0.4, 0.5) is 5.69 Å². The molecule has 33 heavy (non-hydrogen) atoms. The van der Waals surface area contributed by atoms with Crippen molar-refractivity contribution in [1.29, 1.82) is 0 Å². The average Bonchev–Trinajstić information content (AvgIpc) is 2.77. The number of nitrogens with zero attached hydrogens (tertiary/aromatic N) is 1. The third kappa shape index (κ3) is 6.58. The normalized spacial score (nSPS) is 12.1. The minimum absolute atomic E-state index is 0.132. The third-order valence-electron chi connectivity index (χ3n) is 5.04. The molecule has 3 aromatic rings. The van der Waals surface area contributed by atoms with Gasteiger partial charge >= 0.3 is 0 Å². The number of sulfonamides is 1. The van der Waals surface area contributed by atoms with Crippen LogP contribution in [0, 0.1) is 20.8 Å². The zero-order valence-corrected chi connectivity index (χ0v) is 20.2. The van der Waals surface area contributed by atoms with Crippen LogP contribution in [-0.2, 0) is 14.8 Å². The van der Waals surface area contributed by atoms with E-state index in [4.69, 9.17) is 4.74 Å². The van der Waals surface area contributed by atoms with Crippen LogP contribution in [0.1, 0.15) is 23.6 Å². The minimum atomic E-state index is -3.94. The molecule has 1 atom stereocenters. The lowest BCUT2D eigenvalue weighted by Gasteiger charge is -2.25. The van der Waals surface area contributed by atoms with Crippen LogP contribution < -0.4 is 14.4 Å². The average molecular weight is 467 g/mol. The molecule has 1 N–H and O–H groups in total. The monoisotopic (exact) mass is 466 g/mol. The maximum Gasteiger partial charge on any atom is 0.264 e. The second-order valence-corrected chi connectivity index (χ2v) is 10.1. The number of amides is 1. The van der Waals surface area contributed by atoms with Gasteiger partial charge in [0.2, 0.25) is 5.91 Å². The Bertz CT molecular complexity index is 1170. The number of hydrogen-bond donors (Lipinski definition) is 1. The van der Waals surface area contributed by atoms with E-state index in [0.717, 1.165) is 21.0 Å². The maximum atomic E-state index is 13.4. The molecular formula is C26H30N2O4S. The molecule has 0 fully saturated rings. The van der Waals surface area contributed by atoms with E-state index in [1.54, 1.807) is 30.3 Å². The summed E-state index contributed by atoms with van der Waals surface area (Å²) >= 11 is 0. The van der Waals surface area contributed by atoms with Gasteiger partial charge in [-0.3, -0.25) is 9.10 Å². The molecule has 0 bridgehead atoms. The van der Waals surface area contributed by atoms with E-state index >= 15 is 0 Å². The smallest absolute Gasteiger partial charge is 0.264 e. The van der Waals surface area contributed by atoms with Crippen LogP contribution in [0.5, 0.6) is 5.75 Å². The minimum Gasteiger partial charge on any atom is -0.491 e. The largest absolute Gasteiger partial charge is 0.491 e. The van der Waals surface area contributed by atoms with Crippen LogP contribution in [0.25, 0.3) is 0 Å². The highest BCUT2D eigenvalue weighted by Gasteiger charge is 2.27. The van der Waals surface area contributed by atoms with Gasteiger partial charge in [-0.2, -0.15) is 0 Å². The van der Waals surface area contributed by atoms with Gasteiger partial charge in [0, 0.05) is 0 Å². The summed E-state index contributed by atoms with van der Waals surface area (Å²) in [5.74, 6) is 0.305. The van der Waals surface area contributed by atoms with Crippen molar-refractivity contribution in [3.63, 3.8) is 0 Å². The number of aryl methyl sites for hydroxylation is 3. The molecule has 0 saturated heterocycles. The Hall–Kier alpha value is -3.32. The standard InChI is InChI=1S/C26H30N2O4S/c1-19-10-12-24(13-11-19)32-18-22(4)27-26(29)17-28(23-15-20(2)14-21(3)16-23)33(30,31)25-8-6-5-7-9-25/h5-16,22H,17-18H2,1-4H3,(H,27,29). The first-order valence-electron chi connectivity index (χ1n) is 10.8. The second kappa shape index (κ2) is 10.5. The lowest BCUT2D eigenvalue weighted by Crippen LogP contribution is -2.45. The highest BCUT2D eigenvalue weighted by molar-refractivity contribution is 7.92. The van der Waals surface area contributed by atoms with Crippen molar-refractivity contribution in [3.05, 3.63) is 89.5 Å². The number of benzene rings is 3. The van der Waals surface area contributed by atoms with Gasteiger partial charge in [0.1, 0.15) is 18.9 Å². The maximum absolute atomic E-state index is 13.4. The molecule has 6 nitrogen and oxygen atoms in total. The Morgan fingerprint density at radius 2 is 1.52 bits per heavy atom. The lowest BCUT2D eigenvalue weighted by atomic mass is 10.1. The summed E-state index contributed by atoms with van der Waals surface area (Å²) in [5.41, 5.74) is 3.42. The van der Waals surface area contributed by atoms with Crippen molar-refractivity contribution in [2.75, 3.05) is 17.5 Å². The Morgan fingerprint density at radius 3 is 2.12 bits per heavy atom. The molecule has 7 heteroatoms. The van der Waals surface area contributed by atoms with Crippen molar-refractivity contribution in [3.8, 4) is 5.75 Å². The predicted octanol–water partition coefficient (Wildman–Crippen LogP) is 4.39. The molecule has 0 radical (unpaired) electrons. The topological polar surface area (TPSA) is 75.7 Å². The fourth-order valence-electron chi connectivity index (χ4n) is 3.48. The Balaban J connectivity index is 1.76. The summed E-state index contributed by atoms with van der Waals surface area (Å²) in [6.07, 6.45) is 0. The van der Waals surface area contributed by atoms with Crippen LogP contribution in [0.2, 0.25) is 0 Å². The molecule has 1 amide bonds. The molecule has 0 aliphatic heterocycles. The second-order valence-electron chi connectivity index (χ2n) is 8.26. The van der Waals surface area contributed by atoms with E-state index in [1.807, 2.05) is 58.0 Å². The van der Waals surface area contributed by atoms with E-state index < -0.39 is 15.9 Å². The quantitative estimate of drug-likeness (QED) is 0.507. The molecule has 3 aromatic carbocycles. The van der Waals surface area contributed by atoms with Crippen molar-refractivity contribution in [1.82, 2.24) is 5.32 Å². The lowest BCUT2D eigenvalue weighted by molar-refractivity contribution is -0.120. The highest BCUT2D eigenvalue weighted by Crippen LogP contribution is 2.25. The fourth-order valence-corrected chi connectivity index (χ4v) is 4.90. The highest BCUT2D eigenvalue weighted by atomic mass is 32.2. The van der Waals surface area contributed by atoms with Gasteiger partial charge < -0.3 is 10.1 Å². The number of carbonyl (C=O) groups excluding carboxylic acids is 1. The van der Waals surface area contributed by atoms with Gasteiger partial charge in [0.15, 0.2) is 0 Å². The van der Waals surface area contributed by atoms with Gasteiger partial charge in [-0.05, 0) is 75.2 Å². The zero-order valence-electron chi connectivity index (χ0n) is 19.4. The predicted molar refractivity (Wildman–Crippen MR) is 131 cm³/mol. The molecule has 0 aromatic heterocycles. The molecule has 3 rings (SSSR count). The number of anilines is 1. The summed E-state index contributed by atoms with van der Waals surface area (Å²) in [6, 6.07) is 21.0. The molecule has 0 saturated carbocycles. The van der Waals surface area contributed by atoms with Gasteiger partial charge in [-0.15, -0.1) is 0 Å². The summed E-state index contributed by atoms with van der Waals surface area (Å²) in [6.45, 7) is 7.54. The van der Waals surface area contributed by atoms with Crippen LogP contribution in [0.15, 0.2) is 77.7 Å². The first-order valence-corrected chi connectivity index (χ1v) is 12.2. The van der Waals surface area contributed by atoms with Crippen molar-refractivity contribution in [2.45, 2.75) is 38.6 Å². The molecule has 0 aliphatic carbocycles. The summed E-state index contributed by atoms with van der Waals surface area (Å²) in [7, 11) is -3.94.